The second-order valence-corrected chi connectivity index (χ2v) is 10.2. The van der Waals surface area contributed by atoms with Crippen LogP contribution >= 0.6 is 0 Å². The highest BCUT2D eigenvalue weighted by Crippen LogP contribution is 2.52. The van der Waals surface area contributed by atoms with Crippen molar-refractivity contribution in [2.24, 2.45) is 18.4 Å². The van der Waals surface area contributed by atoms with Crippen LogP contribution in [0.2, 0.25) is 0 Å². The van der Waals surface area contributed by atoms with Gasteiger partial charge in [0, 0.05) is 38.4 Å². The highest BCUT2D eigenvalue weighted by molar-refractivity contribution is 5.68. The second kappa shape index (κ2) is 8.13. The number of likely N-dealkylation sites (tertiary alicyclic amines) is 1. The number of ether oxygens (including phenoxy) is 1. The number of aryl methyl sites for hydroxylation is 2. The number of hydrogen-bond acceptors (Lipinski definition) is 6. The van der Waals surface area contributed by atoms with Gasteiger partial charge in [0.2, 0.25) is 0 Å². The highest BCUT2D eigenvalue weighted by atomic mass is 16.6. The van der Waals surface area contributed by atoms with Crippen molar-refractivity contribution in [1.82, 2.24) is 24.9 Å². The Morgan fingerprint density at radius 3 is 2.48 bits per heavy atom. The van der Waals surface area contributed by atoms with Gasteiger partial charge in [-0.2, -0.15) is 5.10 Å². The van der Waals surface area contributed by atoms with Gasteiger partial charge in [0.15, 0.2) is 0 Å². The van der Waals surface area contributed by atoms with Crippen molar-refractivity contribution in [3.05, 3.63) is 24.0 Å². The Labute approximate surface area is 184 Å². The standard InChI is InChI=1S/C23H34N6O2/c1-16-18(15-28(5)27-16)19-6-7-20(26-25-19)24-14-17-12-23(13-17)8-10-29(11-9-23)21(30)31-22(2,3)4/h6-7,15,17H,8-14H2,1-5H3,(H,24,26). The van der Waals surface area contributed by atoms with Crippen LogP contribution in [0.4, 0.5) is 10.6 Å². The van der Waals surface area contributed by atoms with E-state index >= 15 is 0 Å². The molecule has 2 aromatic rings. The maximum Gasteiger partial charge on any atom is 0.410 e. The van der Waals surface area contributed by atoms with Gasteiger partial charge in [-0.3, -0.25) is 4.68 Å². The first-order valence-electron chi connectivity index (χ1n) is 11.2. The predicted octanol–water partition coefficient (Wildman–Crippen LogP) is 4.02. The van der Waals surface area contributed by atoms with E-state index in [0.29, 0.717) is 11.3 Å². The summed E-state index contributed by atoms with van der Waals surface area (Å²) >= 11 is 0. The number of anilines is 1. The van der Waals surface area contributed by atoms with Crippen molar-refractivity contribution in [1.29, 1.82) is 0 Å². The SMILES string of the molecule is Cc1nn(C)cc1-c1ccc(NCC2CC3(CCN(C(=O)OC(C)(C)C)CC3)C2)nn1. The van der Waals surface area contributed by atoms with Gasteiger partial charge < -0.3 is 15.0 Å². The summed E-state index contributed by atoms with van der Waals surface area (Å²) in [6.07, 6.45) is 6.35. The van der Waals surface area contributed by atoms with Gasteiger partial charge in [0.05, 0.1) is 11.4 Å². The molecule has 8 nitrogen and oxygen atoms in total. The van der Waals surface area contributed by atoms with E-state index in [2.05, 4.69) is 20.6 Å². The monoisotopic (exact) mass is 426 g/mol. The first kappa shape index (κ1) is 21.6. The number of rotatable bonds is 4. The summed E-state index contributed by atoms with van der Waals surface area (Å²) in [4.78, 5) is 14.1. The molecule has 0 aromatic carbocycles. The zero-order chi connectivity index (χ0) is 22.2. The van der Waals surface area contributed by atoms with Crippen LogP contribution in [0.5, 0.6) is 0 Å². The first-order chi connectivity index (χ1) is 14.6. The summed E-state index contributed by atoms with van der Waals surface area (Å²) in [6, 6.07) is 3.98. The van der Waals surface area contributed by atoms with Crippen molar-refractivity contribution < 1.29 is 9.53 Å². The van der Waals surface area contributed by atoms with Crippen LogP contribution in [0.1, 0.15) is 52.1 Å². The molecule has 1 saturated carbocycles. The van der Waals surface area contributed by atoms with E-state index in [9.17, 15) is 4.79 Å². The molecule has 0 radical (unpaired) electrons. The van der Waals surface area contributed by atoms with E-state index in [0.717, 1.165) is 55.2 Å². The van der Waals surface area contributed by atoms with Crippen LogP contribution in [-0.2, 0) is 11.8 Å². The fourth-order valence-electron chi connectivity index (χ4n) is 4.88. The van der Waals surface area contributed by atoms with E-state index < -0.39 is 5.60 Å². The molecule has 168 valence electrons. The molecule has 31 heavy (non-hydrogen) atoms. The van der Waals surface area contributed by atoms with E-state index in [4.69, 9.17) is 4.74 Å². The third-order valence-electron chi connectivity index (χ3n) is 6.44. The number of aromatic nitrogens is 4. The van der Waals surface area contributed by atoms with Gasteiger partial charge in [-0.1, -0.05) is 0 Å². The minimum absolute atomic E-state index is 0.177. The average molecular weight is 427 g/mol. The Hall–Kier alpha value is -2.64. The maximum absolute atomic E-state index is 12.3. The van der Waals surface area contributed by atoms with Gasteiger partial charge in [0.25, 0.3) is 0 Å². The molecule has 8 heteroatoms. The number of piperidine rings is 1. The minimum atomic E-state index is -0.433. The Balaban J connectivity index is 1.21. The molecule has 0 atom stereocenters. The Bertz CT molecular complexity index is 915. The van der Waals surface area contributed by atoms with E-state index in [1.165, 1.54) is 12.8 Å². The Morgan fingerprint density at radius 1 is 1.23 bits per heavy atom. The lowest BCUT2D eigenvalue weighted by molar-refractivity contribution is -0.0241. The number of nitrogens with zero attached hydrogens (tertiary/aromatic N) is 5. The summed E-state index contributed by atoms with van der Waals surface area (Å²) in [7, 11) is 1.91. The van der Waals surface area contributed by atoms with Gasteiger partial charge >= 0.3 is 6.09 Å². The summed E-state index contributed by atoms with van der Waals surface area (Å²) in [5.41, 5.74) is 2.78. The van der Waals surface area contributed by atoms with Crippen LogP contribution in [-0.4, -0.2) is 56.2 Å². The molecule has 1 saturated heterocycles. The Morgan fingerprint density at radius 2 is 1.94 bits per heavy atom. The summed E-state index contributed by atoms with van der Waals surface area (Å²) in [5.74, 6) is 1.46. The topological polar surface area (TPSA) is 85.2 Å². The lowest BCUT2D eigenvalue weighted by Crippen LogP contribution is -2.50. The minimum Gasteiger partial charge on any atom is -0.444 e. The van der Waals surface area contributed by atoms with Crippen LogP contribution in [0, 0.1) is 18.3 Å². The van der Waals surface area contributed by atoms with Crippen molar-refractivity contribution >= 4 is 11.9 Å². The second-order valence-electron chi connectivity index (χ2n) is 10.2. The van der Waals surface area contributed by atoms with Gasteiger partial charge in [0.1, 0.15) is 11.4 Å². The van der Waals surface area contributed by atoms with Crippen molar-refractivity contribution in [2.45, 2.75) is 59.0 Å². The lowest BCUT2D eigenvalue weighted by Gasteiger charge is -2.52. The van der Waals surface area contributed by atoms with E-state index in [1.807, 2.05) is 58.0 Å². The molecule has 1 aliphatic heterocycles. The molecule has 2 aromatic heterocycles. The summed E-state index contributed by atoms with van der Waals surface area (Å²) < 4.78 is 7.30. The zero-order valence-corrected chi connectivity index (χ0v) is 19.3. The third-order valence-corrected chi connectivity index (χ3v) is 6.44. The van der Waals surface area contributed by atoms with E-state index in [-0.39, 0.29) is 6.09 Å². The van der Waals surface area contributed by atoms with Crippen molar-refractivity contribution in [2.75, 3.05) is 25.0 Å². The quantitative estimate of drug-likeness (QED) is 0.795. The number of hydrogen-bond donors (Lipinski definition) is 1. The average Bonchev–Trinajstić information content (AvgIpc) is 3.02. The molecule has 1 amide bonds. The number of carbonyl (C=O) groups is 1. The lowest BCUT2D eigenvalue weighted by atomic mass is 9.57. The smallest absolute Gasteiger partial charge is 0.410 e. The largest absolute Gasteiger partial charge is 0.444 e. The molecule has 0 unspecified atom stereocenters. The molecule has 2 aliphatic rings. The molecule has 2 fully saturated rings. The van der Waals surface area contributed by atoms with Crippen molar-refractivity contribution in [3.63, 3.8) is 0 Å². The van der Waals surface area contributed by atoms with Gasteiger partial charge in [-0.05, 0) is 76.8 Å². The molecule has 0 bridgehead atoms. The van der Waals surface area contributed by atoms with Gasteiger partial charge in [-0.25, -0.2) is 4.79 Å². The maximum atomic E-state index is 12.3. The normalized spacial score (nSPS) is 18.7. The van der Waals surface area contributed by atoms with Crippen molar-refractivity contribution in [3.8, 4) is 11.3 Å². The number of nitrogens with one attached hydrogen (secondary N) is 1. The van der Waals surface area contributed by atoms with Crippen LogP contribution in [0.15, 0.2) is 18.3 Å². The molecule has 1 aliphatic carbocycles. The number of carbonyl (C=O) groups excluding carboxylic acids is 1. The van der Waals surface area contributed by atoms with E-state index in [1.54, 1.807) is 4.68 Å². The van der Waals surface area contributed by atoms with Crippen LogP contribution < -0.4 is 5.32 Å². The van der Waals surface area contributed by atoms with Gasteiger partial charge in [-0.15, -0.1) is 10.2 Å². The first-order valence-corrected chi connectivity index (χ1v) is 11.2. The third kappa shape index (κ3) is 4.99. The zero-order valence-electron chi connectivity index (χ0n) is 19.3. The fourth-order valence-corrected chi connectivity index (χ4v) is 4.88. The molecule has 4 rings (SSSR count). The molecule has 3 heterocycles. The summed E-state index contributed by atoms with van der Waals surface area (Å²) in [6.45, 7) is 10.2. The molecule has 1 N–H and O–H groups in total. The Kier molecular flexibility index (Phi) is 5.66. The van der Waals surface area contributed by atoms with Crippen LogP contribution in [0.3, 0.4) is 0 Å². The molecule has 1 spiro atoms. The summed E-state index contributed by atoms with van der Waals surface area (Å²) in [5, 5.41) is 16.5. The fraction of sp³-hybridized carbons (Fsp3) is 0.652. The predicted molar refractivity (Wildman–Crippen MR) is 120 cm³/mol. The molecular weight excluding hydrogens is 392 g/mol. The molecular formula is C23H34N6O2. The number of amides is 1. The van der Waals surface area contributed by atoms with Crippen LogP contribution in [0.25, 0.3) is 11.3 Å². The highest BCUT2D eigenvalue weighted by Gasteiger charge is 2.46.